The van der Waals surface area contributed by atoms with Crippen molar-refractivity contribution in [3.8, 4) is 0 Å². The molecule has 1 aromatic heterocycles. The van der Waals surface area contributed by atoms with Crippen molar-refractivity contribution in [2.75, 3.05) is 0 Å². The smallest absolute Gasteiger partial charge is 0.128 e. The van der Waals surface area contributed by atoms with E-state index in [2.05, 4.69) is 37.2 Å². The van der Waals surface area contributed by atoms with E-state index in [-0.39, 0.29) is 0 Å². The monoisotopic (exact) mass is 200 g/mol. The summed E-state index contributed by atoms with van der Waals surface area (Å²) in [5.74, 6) is 2.12. The van der Waals surface area contributed by atoms with Gasteiger partial charge in [-0.1, -0.05) is 39.3 Å². The van der Waals surface area contributed by atoms with Gasteiger partial charge in [-0.05, 0) is 5.92 Å². The van der Waals surface area contributed by atoms with Crippen molar-refractivity contribution in [2.45, 2.75) is 40.2 Å². The van der Waals surface area contributed by atoms with E-state index in [0.29, 0.717) is 11.8 Å². The van der Waals surface area contributed by atoms with E-state index in [1.165, 1.54) is 0 Å². The molecule has 3 heteroatoms. The van der Waals surface area contributed by atoms with Crippen molar-refractivity contribution in [3.63, 3.8) is 0 Å². The Balaban J connectivity index is 2.94. The molecule has 0 fully saturated rings. The zero-order valence-corrected chi connectivity index (χ0v) is 9.47. The maximum Gasteiger partial charge on any atom is 0.128 e. The first kappa shape index (κ1) is 10.6. The minimum atomic E-state index is 0.436. The molecule has 2 nitrogen and oxygen atoms in total. The van der Waals surface area contributed by atoms with Gasteiger partial charge in [-0.2, -0.15) is 0 Å². The summed E-state index contributed by atoms with van der Waals surface area (Å²) in [7, 11) is 0. The molecule has 0 saturated heterocycles. The fourth-order valence-corrected chi connectivity index (χ4v) is 1.58. The molecule has 0 aliphatic rings. The van der Waals surface area contributed by atoms with Crippen LogP contribution in [0.25, 0.3) is 0 Å². The number of halogens is 1. The maximum atomic E-state index is 6.03. The molecule has 1 heterocycles. The summed E-state index contributed by atoms with van der Waals surface area (Å²) in [6.07, 6.45) is 1.74. The number of imidazole rings is 1. The Hall–Kier alpha value is -0.500. The SMILES string of the molecule is CC(C)Cn1c(Cl)cnc1C(C)C. The molecule has 0 bridgehead atoms. The Kier molecular flexibility index (Phi) is 3.37. The van der Waals surface area contributed by atoms with Gasteiger partial charge in [-0.15, -0.1) is 0 Å². The minimum absolute atomic E-state index is 0.436. The van der Waals surface area contributed by atoms with Crippen LogP contribution in [0.15, 0.2) is 6.20 Å². The highest BCUT2D eigenvalue weighted by Gasteiger charge is 2.11. The second kappa shape index (κ2) is 4.14. The van der Waals surface area contributed by atoms with E-state index in [0.717, 1.165) is 17.5 Å². The summed E-state index contributed by atoms with van der Waals surface area (Å²) in [5, 5.41) is 0.748. The summed E-state index contributed by atoms with van der Waals surface area (Å²) in [4.78, 5) is 4.30. The molecular formula is C10H17ClN2. The van der Waals surface area contributed by atoms with Gasteiger partial charge in [0.05, 0.1) is 6.20 Å². The van der Waals surface area contributed by atoms with Gasteiger partial charge in [0.1, 0.15) is 11.0 Å². The molecular weight excluding hydrogens is 184 g/mol. The van der Waals surface area contributed by atoms with Crippen LogP contribution in [0.2, 0.25) is 5.15 Å². The number of nitrogens with zero attached hydrogens (tertiary/aromatic N) is 2. The van der Waals surface area contributed by atoms with E-state index >= 15 is 0 Å². The molecule has 0 atom stereocenters. The molecule has 0 unspecified atom stereocenters. The Morgan fingerprint density at radius 1 is 1.38 bits per heavy atom. The average Bonchev–Trinajstić information content (AvgIpc) is 2.32. The Morgan fingerprint density at radius 3 is 2.46 bits per heavy atom. The largest absolute Gasteiger partial charge is 0.319 e. The van der Waals surface area contributed by atoms with Gasteiger partial charge in [0.2, 0.25) is 0 Å². The van der Waals surface area contributed by atoms with E-state index < -0.39 is 0 Å². The first-order chi connectivity index (χ1) is 6.02. The third kappa shape index (κ3) is 2.47. The number of rotatable bonds is 3. The van der Waals surface area contributed by atoms with Crippen molar-refractivity contribution in [2.24, 2.45) is 5.92 Å². The second-order valence-electron chi connectivity index (χ2n) is 4.10. The zero-order valence-electron chi connectivity index (χ0n) is 8.71. The predicted octanol–water partition coefficient (Wildman–Crippen LogP) is 3.32. The predicted molar refractivity (Wildman–Crippen MR) is 56.2 cm³/mol. The summed E-state index contributed by atoms with van der Waals surface area (Å²) in [6.45, 7) is 9.58. The van der Waals surface area contributed by atoms with Gasteiger partial charge in [0.25, 0.3) is 0 Å². The molecule has 0 aliphatic heterocycles. The fraction of sp³-hybridized carbons (Fsp3) is 0.700. The van der Waals surface area contributed by atoms with Gasteiger partial charge in [0.15, 0.2) is 0 Å². The number of hydrogen-bond donors (Lipinski definition) is 0. The molecule has 0 radical (unpaired) electrons. The number of hydrogen-bond acceptors (Lipinski definition) is 1. The van der Waals surface area contributed by atoms with Crippen LogP contribution in [0.4, 0.5) is 0 Å². The van der Waals surface area contributed by atoms with Crippen LogP contribution < -0.4 is 0 Å². The highest BCUT2D eigenvalue weighted by atomic mass is 35.5. The van der Waals surface area contributed by atoms with Crippen molar-refractivity contribution in [1.82, 2.24) is 9.55 Å². The van der Waals surface area contributed by atoms with Gasteiger partial charge < -0.3 is 4.57 Å². The molecule has 0 N–H and O–H groups in total. The van der Waals surface area contributed by atoms with Crippen molar-refractivity contribution >= 4 is 11.6 Å². The average molecular weight is 201 g/mol. The Bertz CT molecular complexity index is 276. The fourth-order valence-electron chi connectivity index (χ4n) is 1.37. The van der Waals surface area contributed by atoms with E-state index in [1.807, 2.05) is 0 Å². The highest BCUT2D eigenvalue weighted by Crippen LogP contribution is 2.20. The summed E-state index contributed by atoms with van der Waals surface area (Å²) in [5.41, 5.74) is 0. The number of aromatic nitrogens is 2. The third-order valence-corrected chi connectivity index (χ3v) is 2.20. The van der Waals surface area contributed by atoms with Crippen molar-refractivity contribution < 1.29 is 0 Å². The van der Waals surface area contributed by atoms with Crippen LogP contribution in [0.1, 0.15) is 39.4 Å². The molecule has 13 heavy (non-hydrogen) atoms. The van der Waals surface area contributed by atoms with Gasteiger partial charge >= 0.3 is 0 Å². The maximum absolute atomic E-state index is 6.03. The summed E-state index contributed by atoms with van der Waals surface area (Å²) >= 11 is 6.03. The molecule has 0 amide bonds. The Labute approximate surface area is 84.9 Å². The van der Waals surface area contributed by atoms with Crippen LogP contribution in [-0.2, 0) is 6.54 Å². The van der Waals surface area contributed by atoms with Crippen LogP contribution in [0.3, 0.4) is 0 Å². The van der Waals surface area contributed by atoms with E-state index in [4.69, 9.17) is 11.6 Å². The lowest BCUT2D eigenvalue weighted by Gasteiger charge is -2.13. The third-order valence-electron chi connectivity index (χ3n) is 1.90. The Morgan fingerprint density at radius 2 is 2.00 bits per heavy atom. The topological polar surface area (TPSA) is 17.8 Å². The minimum Gasteiger partial charge on any atom is -0.319 e. The van der Waals surface area contributed by atoms with Gasteiger partial charge in [-0.25, -0.2) is 4.98 Å². The molecule has 1 aromatic rings. The highest BCUT2D eigenvalue weighted by molar-refractivity contribution is 6.29. The molecule has 0 aliphatic carbocycles. The summed E-state index contributed by atoms with van der Waals surface area (Å²) < 4.78 is 2.09. The molecule has 0 aromatic carbocycles. The van der Waals surface area contributed by atoms with Gasteiger partial charge in [-0.3, -0.25) is 0 Å². The second-order valence-corrected chi connectivity index (χ2v) is 4.49. The normalized spacial score (nSPS) is 11.6. The first-order valence-corrected chi connectivity index (χ1v) is 5.11. The summed E-state index contributed by atoms with van der Waals surface area (Å²) in [6, 6.07) is 0. The molecule has 1 rings (SSSR count). The van der Waals surface area contributed by atoms with E-state index in [1.54, 1.807) is 6.20 Å². The quantitative estimate of drug-likeness (QED) is 0.732. The van der Waals surface area contributed by atoms with Crippen LogP contribution >= 0.6 is 11.6 Å². The standard InChI is InChI=1S/C10H17ClN2/c1-7(2)6-13-9(11)5-12-10(13)8(3)4/h5,7-8H,6H2,1-4H3. The van der Waals surface area contributed by atoms with Crippen LogP contribution in [0, 0.1) is 5.92 Å². The lowest BCUT2D eigenvalue weighted by Crippen LogP contribution is -2.09. The van der Waals surface area contributed by atoms with E-state index in [9.17, 15) is 0 Å². The molecule has 0 spiro atoms. The molecule has 74 valence electrons. The lowest BCUT2D eigenvalue weighted by atomic mass is 10.2. The van der Waals surface area contributed by atoms with Crippen LogP contribution in [-0.4, -0.2) is 9.55 Å². The van der Waals surface area contributed by atoms with Crippen molar-refractivity contribution in [1.29, 1.82) is 0 Å². The lowest BCUT2D eigenvalue weighted by molar-refractivity contribution is 0.498. The molecule has 0 saturated carbocycles. The van der Waals surface area contributed by atoms with Crippen molar-refractivity contribution in [3.05, 3.63) is 17.2 Å². The zero-order chi connectivity index (χ0) is 10.0. The first-order valence-electron chi connectivity index (χ1n) is 4.73. The van der Waals surface area contributed by atoms with Gasteiger partial charge in [0, 0.05) is 12.5 Å². The van der Waals surface area contributed by atoms with Crippen LogP contribution in [0.5, 0.6) is 0 Å².